The lowest BCUT2D eigenvalue weighted by molar-refractivity contribution is 0.0489. The Hall–Kier alpha value is -1.09. The minimum Gasteiger partial charge on any atom is -0.394 e. The van der Waals surface area contributed by atoms with Crippen LogP contribution in [-0.4, -0.2) is 20.5 Å². The molecule has 0 aliphatic carbocycles. The summed E-state index contributed by atoms with van der Waals surface area (Å²) in [6.07, 6.45) is 0.947. The molecular weight excluding hydrogens is 214 g/mol. The van der Waals surface area contributed by atoms with E-state index in [9.17, 15) is 0 Å². The zero-order valence-electron chi connectivity index (χ0n) is 10.7. The van der Waals surface area contributed by atoms with E-state index in [1.54, 1.807) is 0 Å². The number of oxime groups is 1. The second kappa shape index (κ2) is 5.85. The summed E-state index contributed by atoms with van der Waals surface area (Å²) in [5, 5.41) is 5.46. The topological polar surface area (TPSA) is 21.6 Å². The molecule has 1 aromatic carbocycles. The SMILES string of the molecule is CCC(C)=NOC(C)(C)[SiH2]c1ccccc1. The summed E-state index contributed by atoms with van der Waals surface area (Å²) in [6, 6.07) is 10.6. The number of benzene rings is 1. The molecule has 0 aromatic heterocycles. The van der Waals surface area contributed by atoms with Crippen LogP contribution in [0.15, 0.2) is 35.5 Å². The summed E-state index contributed by atoms with van der Waals surface area (Å²) in [4.78, 5) is 5.64. The van der Waals surface area contributed by atoms with Crippen molar-refractivity contribution in [1.82, 2.24) is 0 Å². The zero-order chi connectivity index (χ0) is 12.0. The lowest BCUT2D eigenvalue weighted by Gasteiger charge is -2.22. The average Bonchev–Trinajstić information content (AvgIpc) is 2.27. The van der Waals surface area contributed by atoms with Crippen LogP contribution in [-0.2, 0) is 4.84 Å². The maximum Gasteiger partial charge on any atom is 0.117 e. The molecule has 0 bridgehead atoms. The molecule has 0 heterocycles. The van der Waals surface area contributed by atoms with Gasteiger partial charge >= 0.3 is 0 Å². The van der Waals surface area contributed by atoms with Crippen LogP contribution in [0.4, 0.5) is 0 Å². The van der Waals surface area contributed by atoms with Crippen molar-refractivity contribution in [3.63, 3.8) is 0 Å². The first-order valence-electron chi connectivity index (χ1n) is 5.79. The van der Waals surface area contributed by atoms with Gasteiger partial charge in [-0.2, -0.15) is 0 Å². The third-order valence-electron chi connectivity index (χ3n) is 2.43. The highest BCUT2D eigenvalue weighted by Crippen LogP contribution is 2.08. The van der Waals surface area contributed by atoms with Crippen molar-refractivity contribution < 1.29 is 4.84 Å². The standard InChI is InChI=1S/C13H21NOSi/c1-5-11(2)14-15-13(3,4)16-12-9-7-6-8-10-12/h6-10H,5,16H2,1-4H3. The maximum atomic E-state index is 5.64. The van der Waals surface area contributed by atoms with Crippen LogP contribution in [0.25, 0.3) is 0 Å². The second-order valence-corrected chi connectivity index (χ2v) is 7.57. The van der Waals surface area contributed by atoms with E-state index in [1.807, 2.05) is 13.0 Å². The minimum atomic E-state index is -0.463. The molecular formula is C13H21NOSi. The number of hydrogen-bond acceptors (Lipinski definition) is 2. The Kier molecular flexibility index (Phi) is 4.74. The summed E-state index contributed by atoms with van der Waals surface area (Å²) < 4.78 is 0. The van der Waals surface area contributed by atoms with Gasteiger partial charge in [0.05, 0.1) is 5.71 Å². The molecule has 0 unspecified atom stereocenters. The van der Waals surface area contributed by atoms with Gasteiger partial charge in [0, 0.05) is 0 Å². The van der Waals surface area contributed by atoms with Crippen molar-refractivity contribution in [2.45, 2.75) is 39.3 Å². The predicted octanol–water partition coefficient (Wildman–Crippen LogP) is 2.02. The van der Waals surface area contributed by atoms with Crippen molar-refractivity contribution in [2.24, 2.45) is 5.16 Å². The fraction of sp³-hybridized carbons (Fsp3) is 0.462. The largest absolute Gasteiger partial charge is 0.394 e. The van der Waals surface area contributed by atoms with Gasteiger partial charge in [0.25, 0.3) is 0 Å². The first-order valence-corrected chi connectivity index (χ1v) is 7.20. The van der Waals surface area contributed by atoms with Crippen molar-refractivity contribution in [3.8, 4) is 0 Å². The second-order valence-electron chi connectivity index (χ2n) is 4.69. The smallest absolute Gasteiger partial charge is 0.117 e. The third kappa shape index (κ3) is 4.62. The van der Waals surface area contributed by atoms with Gasteiger partial charge in [-0.25, -0.2) is 0 Å². The van der Waals surface area contributed by atoms with Gasteiger partial charge in [-0.3, -0.25) is 0 Å². The molecule has 0 radical (unpaired) electrons. The van der Waals surface area contributed by atoms with Crippen LogP contribution >= 0.6 is 0 Å². The van der Waals surface area contributed by atoms with Crippen molar-refractivity contribution in [3.05, 3.63) is 30.3 Å². The van der Waals surface area contributed by atoms with Gasteiger partial charge in [-0.15, -0.1) is 0 Å². The molecule has 0 fully saturated rings. The molecule has 1 aromatic rings. The van der Waals surface area contributed by atoms with Gasteiger partial charge in [-0.05, 0) is 27.2 Å². The third-order valence-corrected chi connectivity index (χ3v) is 4.29. The Bertz CT molecular complexity index is 346. The number of nitrogens with zero attached hydrogens (tertiary/aromatic N) is 1. The molecule has 2 nitrogen and oxygen atoms in total. The van der Waals surface area contributed by atoms with E-state index < -0.39 is 9.52 Å². The van der Waals surface area contributed by atoms with Crippen LogP contribution < -0.4 is 5.19 Å². The Morgan fingerprint density at radius 2 is 1.94 bits per heavy atom. The first kappa shape index (κ1) is 13.0. The average molecular weight is 235 g/mol. The fourth-order valence-electron chi connectivity index (χ4n) is 1.39. The maximum absolute atomic E-state index is 5.64. The molecule has 88 valence electrons. The molecule has 0 atom stereocenters. The molecule has 0 spiro atoms. The monoisotopic (exact) mass is 235 g/mol. The molecule has 0 amide bonds. The summed E-state index contributed by atoms with van der Waals surface area (Å²) in [6.45, 7) is 8.33. The van der Waals surface area contributed by atoms with Crippen LogP contribution in [0.1, 0.15) is 34.1 Å². The number of rotatable bonds is 5. The van der Waals surface area contributed by atoms with Crippen molar-refractivity contribution in [2.75, 3.05) is 0 Å². The van der Waals surface area contributed by atoms with Crippen LogP contribution in [0.2, 0.25) is 0 Å². The van der Waals surface area contributed by atoms with Gasteiger partial charge in [-0.1, -0.05) is 47.6 Å². The van der Waals surface area contributed by atoms with Gasteiger partial charge in [0.15, 0.2) is 0 Å². The summed E-state index contributed by atoms with van der Waals surface area (Å²) in [5.41, 5.74) is 1.05. The highest BCUT2D eigenvalue weighted by atomic mass is 28.2. The predicted molar refractivity (Wildman–Crippen MR) is 73.2 cm³/mol. The number of hydrogen-bond donors (Lipinski definition) is 0. The lowest BCUT2D eigenvalue weighted by atomic mass is 10.3. The molecule has 0 saturated heterocycles. The van der Waals surface area contributed by atoms with Gasteiger partial charge < -0.3 is 4.84 Å². The van der Waals surface area contributed by atoms with Crippen molar-refractivity contribution in [1.29, 1.82) is 0 Å². The van der Waals surface area contributed by atoms with E-state index in [-0.39, 0.29) is 5.22 Å². The summed E-state index contributed by atoms with van der Waals surface area (Å²) >= 11 is 0. The summed E-state index contributed by atoms with van der Waals surface area (Å²) in [7, 11) is -0.463. The molecule has 0 saturated carbocycles. The molecule has 3 heteroatoms. The molecule has 0 N–H and O–H groups in total. The van der Waals surface area contributed by atoms with Crippen LogP contribution in [0.3, 0.4) is 0 Å². The Balaban J connectivity index is 2.58. The van der Waals surface area contributed by atoms with E-state index >= 15 is 0 Å². The van der Waals surface area contributed by atoms with E-state index in [2.05, 4.69) is 50.2 Å². The fourth-order valence-corrected chi connectivity index (χ4v) is 3.01. The molecule has 16 heavy (non-hydrogen) atoms. The zero-order valence-corrected chi connectivity index (χ0v) is 12.1. The first-order chi connectivity index (χ1) is 7.53. The normalized spacial score (nSPS) is 13.4. The van der Waals surface area contributed by atoms with E-state index in [1.165, 1.54) is 5.19 Å². The van der Waals surface area contributed by atoms with Crippen LogP contribution in [0.5, 0.6) is 0 Å². The van der Waals surface area contributed by atoms with E-state index in [0.29, 0.717) is 0 Å². The van der Waals surface area contributed by atoms with Gasteiger partial charge in [0.1, 0.15) is 14.7 Å². The highest BCUT2D eigenvalue weighted by molar-refractivity contribution is 6.56. The molecule has 0 aliphatic rings. The Morgan fingerprint density at radius 3 is 2.50 bits per heavy atom. The summed E-state index contributed by atoms with van der Waals surface area (Å²) in [5.74, 6) is 0. The highest BCUT2D eigenvalue weighted by Gasteiger charge is 2.20. The molecule has 0 aliphatic heterocycles. The van der Waals surface area contributed by atoms with Gasteiger partial charge in [0.2, 0.25) is 0 Å². The minimum absolute atomic E-state index is 0.113. The van der Waals surface area contributed by atoms with E-state index in [0.717, 1.165) is 12.1 Å². The Labute approximate surface area is 101 Å². The van der Waals surface area contributed by atoms with Crippen molar-refractivity contribution >= 4 is 20.4 Å². The lowest BCUT2D eigenvalue weighted by Crippen LogP contribution is -2.38. The van der Waals surface area contributed by atoms with E-state index in [4.69, 9.17) is 4.84 Å². The molecule has 1 rings (SSSR count). The van der Waals surface area contributed by atoms with Crippen LogP contribution in [0, 0.1) is 0 Å². The quantitative estimate of drug-likeness (QED) is 0.435. The Morgan fingerprint density at radius 1 is 1.31 bits per heavy atom.